The Balaban J connectivity index is 2.00. The molecular weight excluding hydrogens is 385 g/mol. The van der Waals surface area contributed by atoms with E-state index in [0.717, 1.165) is 36.2 Å². The number of nitrogens with one attached hydrogen (secondary N) is 1. The van der Waals surface area contributed by atoms with Crippen molar-refractivity contribution in [3.63, 3.8) is 0 Å². The molecule has 1 amide bonds. The lowest BCUT2D eigenvalue weighted by Gasteiger charge is -2.33. The summed E-state index contributed by atoms with van der Waals surface area (Å²) in [6.07, 6.45) is -3.45. The smallest absolute Gasteiger partial charge is 0.416 e. The molecule has 0 spiro atoms. The van der Waals surface area contributed by atoms with Crippen molar-refractivity contribution in [2.24, 2.45) is 0 Å². The number of nitrogens with zero attached hydrogens (tertiary/aromatic N) is 1. The molecular formula is C21H19F3N2O3. The Morgan fingerprint density at radius 3 is 2.55 bits per heavy atom. The first-order valence-corrected chi connectivity index (χ1v) is 8.94. The number of carbonyl (C=O) groups excluding carboxylic acids is 1. The van der Waals surface area contributed by atoms with Crippen LogP contribution in [-0.2, 0) is 22.2 Å². The number of amides is 1. The normalized spacial score (nSPS) is 13.6. The summed E-state index contributed by atoms with van der Waals surface area (Å²) in [6.45, 7) is 3.86. The summed E-state index contributed by atoms with van der Waals surface area (Å²) >= 11 is 0. The van der Waals surface area contributed by atoms with Gasteiger partial charge in [0.2, 0.25) is 5.91 Å². The third-order valence-electron chi connectivity index (χ3n) is 4.68. The number of benzene rings is 2. The summed E-state index contributed by atoms with van der Waals surface area (Å²) in [5.41, 5.74) is 1.07. The molecule has 5 nitrogen and oxygen atoms in total. The molecule has 0 bridgehead atoms. The van der Waals surface area contributed by atoms with Gasteiger partial charge >= 0.3 is 12.1 Å². The topological polar surface area (TPSA) is 69.6 Å². The molecule has 152 valence electrons. The number of alkyl halides is 3. The summed E-state index contributed by atoms with van der Waals surface area (Å²) < 4.78 is 39.6. The van der Waals surface area contributed by atoms with Crippen molar-refractivity contribution in [3.8, 4) is 0 Å². The maximum atomic E-state index is 13.2. The fourth-order valence-corrected chi connectivity index (χ4v) is 3.30. The highest BCUT2D eigenvalue weighted by atomic mass is 19.4. The number of rotatable bonds is 5. The lowest BCUT2D eigenvalue weighted by molar-refractivity contribution is -0.137. The van der Waals surface area contributed by atoms with E-state index in [4.69, 9.17) is 5.11 Å². The molecule has 0 saturated heterocycles. The Hall–Kier alpha value is -3.29. The van der Waals surface area contributed by atoms with Crippen molar-refractivity contribution in [2.75, 3.05) is 16.8 Å². The molecule has 0 atom stereocenters. The number of carboxylic acids is 1. The van der Waals surface area contributed by atoms with Crippen molar-refractivity contribution >= 4 is 28.9 Å². The zero-order chi connectivity index (χ0) is 21.2. The fraction of sp³-hybridized carbons (Fsp3) is 0.238. The Morgan fingerprint density at radius 1 is 1.14 bits per heavy atom. The summed E-state index contributed by atoms with van der Waals surface area (Å²) in [5.74, 6) is -2.09. The van der Waals surface area contributed by atoms with Crippen LogP contribution < -0.4 is 10.2 Å². The first-order chi connectivity index (χ1) is 13.7. The predicted molar refractivity (Wildman–Crippen MR) is 103 cm³/mol. The molecule has 3 rings (SSSR count). The van der Waals surface area contributed by atoms with Crippen LogP contribution in [0.5, 0.6) is 0 Å². The summed E-state index contributed by atoms with van der Waals surface area (Å²) in [4.78, 5) is 25.0. The lowest BCUT2D eigenvalue weighted by Crippen LogP contribution is -2.26. The minimum Gasteiger partial charge on any atom is -0.478 e. The van der Waals surface area contributed by atoms with Gasteiger partial charge in [0.25, 0.3) is 0 Å². The maximum absolute atomic E-state index is 13.2. The van der Waals surface area contributed by atoms with Crippen LogP contribution in [-0.4, -0.2) is 23.5 Å². The number of hydrogen-bond donors (Lipinski definition) is 2. The van der Waals surface area contributed by atoms with Gasteiger partial charge in [-0.1, -0.05) is 24.8 Å². The molecule has 8 heteroatoms. The van der Waals surface area contributed by atoms with Crippen molar-refractivity contribution in [2.45, 2.75) is 25.4 Å². The number of aryl methyl sites for hydroxylation is 1. The summed E-state index contributed by atoms with van der Waals surface area (Å²) in [5, 5.41) is 11.3. The van der Waals surface area contributed by atoms with Crippen LogP contribution in [0, 0.1) is 0 Å². The quantitative estimate of drug-likeness (QED) is 0.705. The Morgan fingerprint density at radius 2 is 1.86 bits per heavy atom. The number of para-hydroxylation sites is 1. The van der Waals surface area contributed by atoms with E-state index in [2.05, 4.69) is 11.9 Å². The van der Waals surface area contributed by atoms with Crippen molar-refractivity contribution < 1.29 is 27.9 Å². The van der Waals surface area contributed by atoms with E-state index in [-0.39, 0.29) is 11.3 Å². The second-order valence-corrected chi connectivity index (χ2v) is 6.75. The number of hydrogen-bond acceptors (Lipinski definition) is 3. The van der Waals surface area contributed by atoms with Gasteiger partial charge in [0.15, 0.2) is 0 Å². The van der Waals surface area contributed by atoms with Crippen LogP contribution in [0.15, 0.2) is 54.6 Å². The van der Waals surface area contributed by atoms with Crippen LogP contribution in [0.4, 0.5) is 30.2 Å². The van der Waals surface area contributed by atoms with Crippen molar-refractivity contribution in [3.05, 3.63) is 65.7 Å². The highest BCUT2D eigenvalue weighted by Gasteiger charge is 2.32. The SMILES string of the molecule is C=C(CC(=O)Nc1cc(C(F)(F)F)ccc1N1CCCc2ccccc21)C(=O)O. The van der Waals surface area contributed by atoms with Gasteiger partial charge < -0.3 is 15.3 Å². The van der Waals surface area contributed by atoms with E-state index >= 15 is 0 Å². The molecule has 1 aliphatic heterocycles. The number of carbonyl (C=O) groups is 2. The van der Waals surface area contributed by atoms with Crippen LogP contribution in [0.25, 0.3) is 0 Å². The highest BCUT2D eigenvalue weighted by Crippen LogP contribution is 2.40. The molecule has 2 aromatic carbocycles. The monoisotopic (exact) mass is 404 g/mol. The van der Waals surface area contributed by atoms with Gasteiger partial charge in [-0.05, 0) is 42.7 Å². The Labute approximate surface area is 165 Å². The fourth-order valence-electron chi connectivity index (χ4n) is 3.30. The summed E-state index contributed by atoms with van der Waals surface area (Å²) in [6, 6.07) is 10.7. The van der Waals surface area contributed by atoms with E-state index in [0.29, 0.717) is 12.2 Å². The molecule has 1 heterocycles. The maximum Gasteiger partial charge on any atom is 0.416 e. The van der Waals surface area contributed by atoms with Gasteiger partial charge in [-0.2, -0.15) is 13.2 Å². The molecule has 0 saturated carbocycles. The number of aliphatic carboxylic acids is 1. The number of fused-ring (bicyclic) bond motifs is 1. The largest absolute Gasteiger partial charge is 0.478 e. The molecule has 1 aliphatic rings. The molecule has 0 aromatic heterocycles. The minimum absolute atomic E-state index is 0.0280. The summed E-state index contributed by atoms with van der Waals surface area (Å²) in [7, 11) is 0. The van der Waals surface area contributed by atoms with Gasteiger partial charge in [0, 0.05) is 17.8 Å². The van der Waals surface area contributed by atoms with Gasteiger partial charge in [-0.15, -0.1) is 0 Å². The first kappa shape index (κ1) is 20.4. The molecule has 0 aliphatic carbocycles. The van der Waals surface area contributed by atoms with E-state index in [1.54, 1.807) is 0 Å². The molecule has 0 radical (unpaired) electrons. The predicted octanol–water partition coefficient (Wildman–Crippen LogP) is 4.76. The average Bonchev–Trinajstić information content (AvgIpc) is 2.66. The zero-order valence-corrected chi connectivity index (χ0v) is 15.4. The molecule has 2 aromatic rings. The van der Waals surface area contributed by atoms with Gasteiger partial charge in [-0.25, -0.2) is 4.79 Å². The first-order valence-electron chi connectivity index (χ1n) is 8.94. The number of carboxylic acid groups (broad SMARTS) is 1. The molecule has 29 heavy (non-hydrogen) atoms. The molecule has 0 fully saturated rings. The second-order valence-electron chi connectivity index (χ2n) is 6.75. The van der Waals surface area contributed by atoms with Crippen LogP contribution in [0.2, 0.25) is 0 Å². The van der Waals surface area contributed by atoms with Crippen LogP contribution in [0.3, 0.4) is 0 Å². The number of halogens is 3. The van der Waals surface area contributed by atoms with E-state index in [1.807, 2.05) is 29.2 Å². The Kier molecular flexibility index (Phi) is 5.63. The Bertz CT molecular complexity index is 970. The highest BCUT2D eigenvalue weighted by molar-refractivity contribution is 6.01. The van der Waals surface area contributed by atoms with Crippen molar-refractivity contribution in [1.82, 2.24) is 0 Å². The van der Waals surface area contributed by atoms with E-state index in [9.17, 15) is 22.8 Å². The average molecular weight is 404 g/mol. The van der Waals surface area contributed by atoms with E-state index in [1.165, 1.54) is 6.07 Å². The van der Waals surface area contributed by atoms with Gasteiger partial charge in [0.05, 0.1) is 23.4 Å². The van der Waals surface area contributed by atoms with Crippen LogP contribution in [0.1, 0.15) is 24.0 Å². The van der Waals surface area contributed by atoms with Crippen LogP contribution >= 0.6 is 0 Å². The molecule has 2 N–H and O–H groups in total. The zero-order valence-electron chi connectivity index (χ0n) is 15.4. The van der Waals surface area contributed by atoms with Gasteiger partial charge in [0.1, 0.15) is 0 Å². The number of anilines is 3. The van der Waals surface area contributed by atoms with E-state index < -0.39 is 30.0 Å². The standard InChI is InChI=1S/C21H19F3N2O3/c1-13(20(28)29)11-19(27)25-16-12-15(21(22,23)24)8-9-18(16)26-10-4-6-14-5-2-3-7-17(14)26/h2-3,5,7-9,12H,1,4,6,10-11H2,(H,25,27)(H,28,29). The third kappa shape index (κ3) is 4.59. The van der Waals surface area contributed by atoms with Crippen molar-refractivity contribution in [1.29, 1.82) is 0 Å². The van der Waals surface area contributed by atoms with Gasteiger partial charge in [-0.3, -0.25) is 4.79 Å². The third-order valence-corrected chi connectivity index (χ3v) is 4.68. The minimum atomic E-state index is -4.58. The lowest BCUT2D eigenvalue weighted by atomic mass is 10.0. The molecule has 0 unspecified atom stereocenters. The second kappa shape index (κ2) is 7.98.